The van der Waals surface area contributed by atoms with E-state index in [-0.39, 0.29) is 0 Å². The highest BCUT2D eigenvalue weighted by Crippen LogP contribution is 2.23. The summed E-state index contributed by atoms with van der Waals surface area (Å²) in [5, 5.41) is 21.9. The molecular formula is C16H21N3O. The van der Waals surface area contributed by atoms with Gasteiger partial charge in [0.25, 0.3) is 0 Å². The molecule has 1 atom stereocenters. The van der Waals surface area contributed by atoms with Crippen LogP contribution in [0.4, 0.5) is 5.82 Å². The zero-order valence-electron chi connectivity index (χ0n) is 12.2. The first-order chi connectivity index (χ1) is 9.49. The van der Waals surface area contributed by atoms with Crippen LogP contribution in [0, 0.1) is 13.8 Å². The number of benzene rings is 1. The van der Waals surface area contributed by atoms with E-state index in [0.717, 1.165) is 22.6 Å². The first-order valence-electron chi connectivity index (χ1n) is 6.82. The zero-order chi connectivity index (χ0) is 14.6. The Morgan fingerprint density at radius 2 is 1.85 bits per heavy atom. The van der Waals surface area contributed by atoms with Gasteiger partial charge in [-0.15, -0.1) is 5.10 Å². The van der Waals surface area contributed by atoms with Crippen molar-refractivity contribution in [3.63, 3.8) is 0 Å². The third-order valence-corrected chi connectivity index (χ3v) is 3.55. The summed E-state index contributed by atoms with van der Waals surface area (Å²) in [6, 6.07) is 11.7. The molecule has 0 aliphatic heterocycles. The molecule has 2 rings (SSSR count). The number of nitrogens with one attached hydrogen (secondary N) is 1. The summed E-state index contributed by atoms with van der Waals surface area (Å²) in [5.74, 6) is 0.747. The van der Waals surface area contributed by atoms with Crippen molar-refractivity contribution in [2.24, 2.45) is 0 Å². The standard InChI is InChI=1S/C16H21N3O/c1-12-11-15(19-18-13(12)2)17-10-9-16(3,20)14-7-5-4-6-8-14/h4-8,11,20H,9-10H2,1-3H3,(H,17,19). The summed E-state index contributed by atoms with van der Waals surface area (Å²) in [5.41, 5.74) is 2.12. The van der Waals surface area contributed by atoms with E-state index in [9.17, 15) is 5.11 Å². The van der Waals surface area contributed by atoms with Gasteiger partial charge in [-0.1, -0.05) is 30.3 Å². The maximum Gasteiger partial charge on any atom is 0.148 e. The summed E-state index contributed by atoms with van der Waals surface area (Å²) in [6.45, 7) is 6.41. The SMILES string of the molecule is Cc1cc(NCCC(C)(O)c2ccccc2)nnc1C. The molecule has 0 aliphatic rings. The van der Waals surface area contributed by atoms with Crippen LogP contribution in [-0.4, -0.2) is 21.8 Å². The van der Waals surface area contributed by atoms with Crippen molar-refractivity contribution in [2.75, 3.05) is 11.9 Å². The van der Waals surface area contributed by atoms with Crippen molar-refractivity contribution in [2.45, 2.75) is 32.8 Å². The van der Waals surface area contributed by atoms with Crippen LogP contribution < -0.4 is 5.32 Å². The highest BCUT2D eigenvalue weighted by molar-refractivity contribution is 5.37. The molecule has 0 radical (unpaired) electrons. The third-order valence-electron chi connectivity index (χ3n) is 3.55. The normalized spacial score (nSPS) is 13.8. The van der Waals surface area contributed by atoms with Crippen LogP contribution in [0.5, 0.6) is 0 Å². The minimum atomic E-state index is -0.846. The molecule has 2 aromatic rings. The van der Waals surface area contributed by atoms with Gasteiger partial charge in [0.05, 0.1) is 11.3 Å². The molecule has 0 amide bonds. The Morgan fingerprint density at radius 1 is 1.15 bits per heavy atom. The second kappa shape index (κ2) is 6.01. The number of aryl methyl sites for hydroxylation is 2. The molecule has 0 saturated heterocycles. The van der Waals surface area contributed by atoms with Crippen molar-refractivity contribution < 1.29 is 5.11 Å². The number of aliphatic hydroxyl groups is 1. The molecule has 0 aliphatic carbocycles. The minimum absolute atomic E-state index is 0.603. The largest absolute Gasteiger partial charge is 0.385 e. The van der Waals surface area contributed by atoms with Gasteiger partial charge in [0, 0.05) is 6.54 Å². The van der Waals surface area contributed by atoms with Gasteiger partial charge in [0.2, 0.25) is 0 Å². The van der Waals surface area contributed by atoms with E-state index in [4.69, 9.17) is 0 Å². The van der Waals surface area contributed by atoms with Crippen LogP contribution in [0.15, 0.2) is 36.4 Å². The monoisotopic (exact) mass is 271 g/mol. The summed E-state index contributed by atoms with van der Waals surface area (Å²) >= 11 is 0. The zero-order valence-corrected chi connectivity index (χ0v) is 12.2. The number of nitrogens with zero attached hydrogens (tertiary/aromatic N) is 2. The number of rotatable bonds is 5. The Morgan fingerprint density at radius 3 is 2.50 bits per heavy atom. The van der Waals surface area contributed by atoms with Crippen LogP contribution >= 0.6 is 0 Å². The lowest BCUT2D eigenvalue weighted by molar-refractivity contribution is 0.0515. The first-order valence-corrected chi connectivity index (χ1v) is 6.82. The molecule has 1 aromatic carbocycles. The molecule has 0 spiro atoms. The first kappa shape index (κ1) is 14.5. The van der Waals surface area contributed by atoms with Crippen molar-refractivity contribution in [3.05, 3.63) is 53.2 Å². The predicted molar refractivity (Wildman–Crippen MR) is 80.6 cm³/mol. The van der Waals surface area contributed by atoms with E-state index in [1.165, 1.54) is 0 Å². The van der Waals surface area contributed by atoms with E-state index >= 15 is 0 Å². The predicted octanol–water partition coefficient (Wildman–Crippen LogP) is 2.80. The quantitative estimate of drug-likeness (QED) is 0.878. The summed E-state index contributed by atoms with van der Waals surface area (Å²) in [4.78, 5) is 0. The molecule has 1 heterocycles. The van der Waals surface area contributed by atoms with Gasteiger partial charge in [-0.05, 0) is 44.4 Å². The Hall–Kier alpha value is -1.94. The Bertz CT molecular complexity index is 567. The van der Waals surface area contributed by atoms with Gasteiger partial charge < -0.3 is 10.4 Å². The lowest BCUT2D eigenvalue weighted by Crippen LogP contribution is -2.24. The number of hydrogen-bond donors (Lipinski definition) is 2. The summed E-state index contributed by atoms with van der Waals surface area (Å²) < 4.78 is 0. The second-order valence-corrected chi connectivity index (χ2v) is 5.31. The fourth-order valence-electron chi connectivity index (χ4n) is 2.01. The minimum Gasteiger partial charge on any atom is -0.385 e. The molecular weight excluding hydrogens is 250 g/mol. The van der Waals surface area contributed by atoms with Crippen molar-refractivity contribution in [1.82, 2.24) is 10.2 Å². The molecule has 20 heavy (non-hydrogen) atoms. The molecule has 4 nitrogen and oxygen atoms in total. The summed E-state index contributed by atoms with van der Waals surface area (Å²) in [7, 11) is 0. The number of hydrogen-bond acceptors (Lipinski definition) is 4. The Balaban J connectivity index is 1.93. The van der Waals surface area contributed by atoms with Gasteiger partial charge in [-0.25, -0.2) is 0 Å². The van der Waals surface area contributed by atoms with E-state index in [1.54, 1.807) is 0 Å². The van der Waals surface area contributed by atoms with Crippen LogP contribution in [0.2, 0.25) is 0 Å². The van der Waals surface area contributed by atoms with Gasteiger partial charge in [0.15, 0.2) is 0 Å². The van der Waals surface area contributed by atoms with Crippen molar-refractivity contribution >= 4 is 5.82 Å². The van der Waals surface area contributed by atoms with Crippen molar-refractivity contribution in [1.29, 1.82) is 0 Å². The average molecular weight is 271 g/mol. The lowest BCUT2D eigenvalue weighted by Gasteiger charge is -2.24. The molecule has 1 aromatic heterocycles. The fourth-order valence-corrected chi connectivity index (χ4v) is 2.01. The lowest BCUT2D eigenvalue weighted by atomic mass is 9.93. The molecule has 0 bridgehead atoms. The Kier molecular flexibility index (Phi) is 4.35. The maximum atomic E-state index is 10.5. The highest BCUT2D eigenvalue weighted by atomic mass is 16.3. The van der Waals surface area contributed by atoms with Crippen molar-refractivity contribution in [3.8, 4) is 0 Å². The molecule has 4 heteroatoms. The van der Waals surface area contributed by atoms with Gasteiger partial charge in [-0.3, -0.25) is 0 Å². The van der Waals surface area contributed by atoms with Crippen LogP contribution in [0.25, 0.3) is 0 Å². The fraction of sp³-hybridized carbons (Fsp3) is 0.375. The molecule has 2 N–H and O–H groups in total. The second-order valence-electron chi connectivity index (χ2n) is 5.31. The maximum absolute atomic E-state index is 10.5. The number of aromatic nitrogens is 2. The highest BCUT2D eigenvalue weighted by Gasteiger charge is 2.22. The molecule has 0 fully saturated rings. The van der Waals surface area contributed by atoms with E-state index in [2.05, 4.69) is 15.5 Å². The Labute approximate surface area is 119 Å². The van der Waals surface area contributed by atoms with Crippen LogP contribution in [-0.2, 0) is 5.60 Å². The van der Waals surface area contributed by atoms with Gasteiger partial charge in [0.1, 0.15) is 5.82 Å². The van der Waals surface area contributed by atoms with Crippen LogP contribution in [0.3, 0.4) is 0 Å². The average Bonchev–Trinajstić information content (AvgIpc) is 2.44. The number of anilines is 1. The third kappa shape index (κ3) is 3.54. The van der Waals surface area contributed by atoms with Gasteiger partial charge in [-0.2, -0.15) is 5.10 Å². The van der Waals surface area contributed by atoms with Gasteiger partial charge >= 0.3 is 0 Å². The topological polar surface area (TPSA) is 58.0 Å². The smallest absolute Gasteiger partial charge is 0.148 e. The molecule has 1 unspecified atom stereocenters. The van der Waals surface area contributed by atoms with E-state index in [0.29, 0.717) is 13.0 Å². The van der Waals surface area contributed by atoms with Crippen LogP contribution in [0.1, 0.15) is 30.2 Å². The molecule has 0 saturated carbocycles. The molecule has 106 valence electrons. The van der Waals surface area contributed by atoms with E-state index < -0.39 is 5.60 Å². The summed E-state index contributed by atoms with van der Waals surface area (Å²) in [6.07, 6.45) is 0.603. The van der Waals surface area contributed by atoms with E-state index in [1.807, 2.05) is 57.2 Å².